The molecule has 1 saturated heterocycles. The number of hydrogen-bond acceptors (Lipinski definition) is 5. The first-order valence-electron chi connectivity index (χ1n) is 8.27. The van der Waals surface area contributed by atoms with Gasteiger partial charge in [-0.2, -0.15) is 0 Å². The van der Waals surface area contributed by atoms with Crippen LogP contribution in [-0.4, -0.2) is 58.4 Å². The summed E-state index contributed by atoms with van der Waals surface area (Å²) in [5, 5.41) is 6.34. The molecule has 2 N–H and O–H groups in total. The van der Waals surface area contributed by atoms with Crippen LogP contribution in [0.25, 0.3) is 0 Å². The van der Waals surface area contributed by atoms with Gasteiger partial charge in [-0.1, -0.05) is 0 Å². The summed E-state index contributed by atoms with van der Waals surface area (Å²) in [5.74, 6) is 0.0838. The van der Waals surface area contributed by atoms with Crippen LogP contribution in [0.15, 0.2) is 0 Å². The molecule has 1 aromatic rings. The summed E-state index contributed by atoms with van der Waals surface area (Å²) in [6, 6.07) is -0.444. The van der Waals surface area contributed by atoms with Crippen LogP contribution in [-0.2, 0) is 17.8 Å². The number of rotatable bonds is 2. The number of likely N-dealkylation sites (N-methyl/N-ethyl adjacent to an activating group) is 1. The second kappa shape index (κ2) is 6.33. The summed E-state index contributed by atoms with van der Waals surface area (Å²) in [6.07, 6.45) is 1.27. The molecular weight excluding hydrogens is 326 g/mol. The second-order valence-corrected chi connectivity index (χ2v) is 8.63. The van der Waals surface area contributed by atoms with Gasteiger partial charge in [0.05, 0.1) is 11.7 Å². The Morgan fingerprint density at radius 1 is 1.38 bits per heavy atom. The van der Waals surface area contributed by atoms with Crippen molar-refractivity contribution in [1.29, 1.82) is 0 Å². The van der Waals surface area contributed by atoms with E-state index in [4.69, 9.17) is 0 Å². The normalized spacial score (nSPS) is 21.8. The zero-order valence-corrected chi connectivity index (χ0v) is 15.5. The number of amides is 3. The summed E-state index contributed by atoms with van der Waals surface area (Å²) in [4.78, 5) is 34.1. The van der Waals surface area contributed by atoms with Crippen molar-refractivity contribution in [2.24, 2.45) is 0 Å². The lowest BCUT2D eigenvalue weighted by atomic mass is 10.1. The molecule has 3 amide bonds. The van der Waals surface area contributed by atoms with E-state index < -0.39 is 0 Å². The fourth-order valence-electron chi connectivity index (χ4n) is 3.15. The van der Waals surface area contributed by atoms with Crippen LogP contribution in [0.3, 0.4) is 0 Å². The summed E-state index contributed by atoms with van der Waals surface area (Å²) < 4.78 is 0. The van der Waals surface area contributed by atoms with Crippen molar-refractivity contribution in [3.63, 3.8) is 0 Å². The highest BCUT2D eigenvalue weighted by Gasteiger charge is 2.36. The Hall–Kier alpha value is -1.67. The molecule has 1 fully saturated rings. The van der Waals surface area contributed by atoms with Crippen LogP contribution in [0.4, 0.5) is 9.93 Å². The van der Waals surface area contributed by atoms with E-state index in [1.54, 1.807) is 0 Å². The molecule has 2 aliphatic heterocycles. The minimum absolute atomic E-state index is 0.0838. The number of fused-ring (bicyclic) bond motifs is 1. The molecule has 3 rings (SSSR count). The first-order chi connectivity index (χ1) is 11.2. The molecule has 3 heterocycles. The standard InChI is InChI=1S/C16H25N5O2S/c1-16(2,3)21-8-10(7-13(21)22)17-14(23)19-15-18-11-5-6-20(4)9-12(11)24-15/h10H,5-9H2,1-4H3,(H2,17,18,19,23). The SMILES string of the molecule is CN1CCc2nc(NC(=O)NC3CC(=O)N(C(C)(C)C)C3)sc2C1. The Morgan fingerprint density at radius 2 is 2.12 bits per heavy atom. The molecule has 0 aliphatic carbocycles. The van der Waals surface area contributed by atoms with E-state index in [2.05, 4.69) is 27.6 Å². The number of hydrogen-bond donors (Lipinski definition) is 2. The molecule has 0 aromatic carbocycles. The average Bonchev–Trinajstić information content (AvgIpc) is 3.00. The maximum atomic E-state index is 12.2. The minimum Gasteiger partial charge on any atom is -0.336 e. The van der Waals surface area contributed by atoms with Crippen molar-refractivity contribution in [2.75, 3.05) is 25.5 Å². The molecule has 132 valence electrons. The quantitative estimate of drug-likeness (QED) is 0.849. The zero-order valence-electron chi connectivity index (χ0n) is 14.7. The van der Waals surface area contributed by atoms with E-state index in [0.717, 1.165) is 25.2 Å². The highest BCUT2D eigenvalue weighted by Crippen LogP contribution is 2.28. The molecule has 8 heteroatoms. The lowest BCUT2D eigenvalue weighted by Gasteiger charge is -2.32. The van der Waals surface area contributed by atoms with Crippen LogP contribution in [0.2, 0.25) is 0 Å². The third-order valence-corrected chi connectivity index (χ3v) is 5.41. The number of carbonyl (C=O) groups is 2. The smallest absolute Gasteiger partial charge is 0.321 e. The van der Waals surface area contributed by atoms with Gasteiger partial charge in [-0.05, 0) is 27.8 Å². The highest BCUT2D eigenvalue weighted by atomic mass is 32.1. The zero-order chi connectivity index (χ0) is 17.5. The monoisotopic (exact) mass is 351 g/mol. The van der Waals surface area contributed by atoms with Crippen LogP contribution in [0, 0.1) is 0 Å². The average molecular weight is 351 g/mol. The second-order valence-electron chi connectivity index (χ2n) is 7.55. The van der Waals surface area contributed by atoms with Gasteiger partial charge >= 0.3 is 6.03 Å². The van der Waals surface area contributed by atoms with Crippen LogP contribution in [0.1, 0.15) is 37.8 Å². The van der Waals surface area contributed by atoms with Crippen molar-refractivity contribution in [3.8, 4) is 0 Å². The fraction of sp³-hybridized carbons (Fsp3) is 0.688. The third-order valence-electron chi connectivity index (χ3n) is 4.41. The molecule has 7 nitrogen and oxygen atoms in total. The molecule has 2 aliphatic rings. The summed E-state index contributed by atoms with van der Waals surface area (Å²) in [7, 11) is 2.08. The number of nitrogens with zero attached hydrogens (tertiary/aromatic N) is 3. The number of thiazole rings is 1. The molecule has 1 unspecified atom stereocenters. The number of nitrogens with one attached hydrogen (secondary N) is 2. The van der Waals surface area contributed by atoms with E-state index in [1.807, 2.05) is 25.7 Å². The Balaban J connectivity index is 1.56. The molecule has 0 spiro atoms. The first-order valence-corrected chi connectivity index (χ1v) is 9.09. The van der Waals surface area contributed by atoms with Crippen LogP contribution >= 0.6 is 11.3 Å². The van der Waals surface area contributed by atoms with Gasteiger partial charge in [0.25, 0.3) is 0 Å². The van der Waals surface area contributed by atoms with E-state index in [0.29, 0.717) is 18.1 Å². The molecule has 1 aromatic heterocycles. The van der Waals surface area contributed by atoms with Crippen LogP contribution < -0.4 is 10.6 Å². The van der Waals surface area contributed by atoms with Gasteiger partial charge in [0.15, 0.2) is 5.13 Å². The molecule has 24 heavy (non-hydrogen) atoms. The number of likely N-dealkylation sites (tertiary alicyclic amines) is 1. The Morgan fingerprint density at radius 3 is 2.79 bits per heavy atom. The predicted molar refractivity (Wildman–Crippen MR) is 94.2 cm³/mol. The van der Waals surface area contributed by atoms with Gasteiger partial charge in [0, 0.05) is 42.9 Å². The lowest BCUT2D eigenvalue weighted by molar-refractivity contribution is -0.131. The summed E-state index contributed by atoms with van der Waals surface area (Å²) >= 11 is 1.53. The van der Waals surface area contributed by atoms with Gasteiger partial charge < -0.3 is 15.1 Å². The van der Waals surface area contributed by atoms with Gasteiger partial charge in [-0.15, -0.1) is 11.3 Å². The maximum Gasteiger partial charge on any atom is 0.321 e. The van der Waals surface area contributed by atoms with Crippen molar-refractivity contribution in [3.05, 3.63) is 10.6 Å². The predicted octanol–water partition coefficient (Wildman–Crippen LogP) is 1.65. The van der Waals surface area contributed by atoms with E-state index >= 15 is 0 Å². The first kappa shape index (κ1) is 17.2. The van der Waals surface area contributed by atoms with Gasteiger partial charge in [0.2, 0.25) is 5.91 Å². The Kier molecular flexibility index (Phi) is 4.52. The number of aromatic nitrogens is 1. The van der Waals surface area contributed by atoms with Crippen molar-refractivity contribution in [1.82, 2.24) is 20.1 Å². The molecular formula is C16H25N5O2S. The van der Waals surface area contributed by atoms with Crippen molar-refractivity contribution < 1.29 is 9.59 Å². The van der Waals surface area contributed by atoms with Gasteiger partial charge in [-0.25, -0.2) is 9.78 Å². The van der Waals surface area contributed by atoms with Crippen molar-refractivity contribution in [2.45, 2.75) is 51.7 Å². The largest absolute Gasteiger partial charge is 0.336 e. The van der Waals surface area contributed by atoms with E-state index in [1.165, 1.54) is 16.2 Å². The molecule has 0 radical (unpaired) electrons. The Labute approximate surface area is 146 Å². The molecule has 0 bridgehead atoms. The van der Waals surface area contributed by atoms with E-state index in [9.17, 15) is 9.59 Å². The van der Waals surface area contributed by atoms with Gasteiger partial charge in [-0.3, -0.25) is 10.1 Å². The van der Waals surface area contributed by atoms with Gasteiger partial charge in [0.1, 0.15) is 0 Å². The van der Waals surface area contributed by atoms with Crippen LogP contribution in [0.5, 0.6) is 0 Å². The maximum absolute atomic E-state index is 12.2. The number of anilines is 1. The fourth-order valence-corrected chi connectivity index (χ4v) is 4.23. The summed E-state index contributed by atoms with van der Waals surface area (Å²) in [6.45, 7) is 8.44. The Bertz CT molecular complexity index is 651. The third kappa shape index (κ3) is 3.70. The molecule has 1 atom stereocenters. The summed E-state index contributed by atoms with van der Waals surface area (Å²) in [5.41, 5.74) is 0.869. The number of urea groups is 1. The van der Waals surface area contributed by atoms with E-state index in [-0.39, 0.29) is 23.5 Å². The molecule has 0 saturated carbocycles. The highest BCUT2D eigenvalue weighted by molar-refractivity contribution is 7.15. The van der Waals surface area contributed by atoms with Crippen molar-refractivity contribution >= 4 is 28.4 Å². The minimum atomic E-state index is -0.289. The topological polar surface area (TPSA) is 77.6 Å². The number of carbonyl (C=O) groups excluding carboxylic acids is 2. The lowest BCUT2D eigenvalue weighted by Crippen LogP contribution is -2.45.